The molecule has 1 N–H and O–H groups in total. The van der Waals surface area contributed by atoms with Gasteiger partial charge in [0.25, 0.3) is 11.6 Å². The predicted molar refractivity (Wildman–Crippen MR) is 78.7 cm³/mol. The third-order valence-corrected chi connectivity index (χ3v) is 3.19. The van der Waals surface area contributed by atoms with E-state index in [0.29, 0.717) is 16.8 Å². The first-order valence-corrected chi connectivity index (χ1v) is 6.22. The lowest BCUT2D eigenvalue weighted by Gasteiger charge is -2.18. The molecule has 6 heteroatoms. The van der Waals surface area contributed by atoms with Gasteiger partial charge in [0.1, 0.15) is 5.75 Å². The van der Waals surface area contributed by atoms with Gasteiger partial charge in [-0.05, 0) is 42.8 Å². The van der Waals surface area contributed by atoms with Gasteiger partial charge in [-0.15, -0.1) is 0 Å². The summed E-state index contributed by atoms with van der Waals surface area (Å²) in [7, 11) is 1.61. The summed E-state index contributed by atoms with van der Waals surface area (Å²) in [6.45, 7) is 1.66. The van der Waals surface area contributed by atoms with Crippen molar-refractivity contribution in [3.05, 3.63) is 63.7 Å². The molecular formula is C15H14N2O4. The van der Waals surface area contributed by atoms with Gasteiger partial charge in [-0.2, -0.15) is 0 Å². The molecule has 0 atom stereocenters. The minimum Gasteiger partial charge on any atom is -0.508 e. The lowest BCUT2D eigenvalue weighted by atomic mass is 10.1. The maximum absolute atomic E-state index is 12.4. The number of nitro groups is 1. The highest BCUT2D eigenvalue weighted by Gasteiger charge is 2.18. The smallest absolute Gasteiger partial charge is 0.269 e. The molecule has 0 bridgehead atoms. The highest BCUT2D eigenvalue weighted by Crippen LogP contribution is 2.22. The number of aromatic hydroxyl groups is 1. The molecule has 0 unspecified atom stereocenters. The highest BCUT2D eigenvalue weighted by atomic mass is 16.6. The summed E-state index contributed by atoms with van der Waals surface area (Å²) in [6.07, 6.45) is 0. The molecule has 1 amide bonds. The number of rotatable bonds is 3. The van der Waals surface area contributed by atoms with Crippen LogP contribution < -0.4 is 4.90 Å². The number of non-ortho nitro benzene ring substituents is 1. The van der Waals surface area contributed by atoms with Crippen molar-refractivity contribution in [2.24, 2.45) is 0 Å². The number of carbonyl (C=O) groups excluding carboxylic acids is 1. The van der Waals surface area contributed by atoms with Crippen molar-refractivity contribution >= 4 is 17.3 Å². The SMILES string of the molecule is Cc1cc([N+](=O)[O-])ccc1C(=O)N(C)c1ccc(O)cc1. The molecule has 0 aliphatic heterocycles. The molecule has 6 nitrogen and oxygen atoms in total. The zero-order valence-electron chi connectivity index (χ0n) is 11.6. The maximum Gasteiger partial charge on any atom is 0.269 e. The fourth-order valence-corrected chi connectivity index (χ4v) is 1.98. The minimum atomic E-state index is -0.495. The molecular weight excluding hydrogens is 272 g/mol. The Kier molecular flexibility index (Phi) is 3.89. The molecule has 0 aromatic heterocycles. The molecule has 0 saturated heterocycles. The van der Waals surface area contributed by atoms with E-state index in [2.05, 4.69) is 0 Å². The van der Waals surface area contributed by atoms with Crippen LogP contribution in [0, 0.1) is 17.0 Å². The second-order valence-corrected chi connectivity index (χ2v) is 4.64. The van der Waals surface area contributed by atoms with Crippen LogP contribution in [0.2, 0.25) is 0 Å². The number of hydrogen-bond donors (Lipinski definition) is 1. The van der Waals surface area contributed by atoms with E-state index in [9.17, 15) is 20.0 Å². The number of hydrogen-bond acceptors (Lipinski definition) is 4. The number of aryl methyl sites for hydroxylation is 1. The van der Waals surface area contributed by atoms with Gasteiger partial charge in [-0.3, -0.25) is 14.9 Å². The molecule has 108 valence electrons. The Morgan fingerprint density at radius 3 is 2.33 bits per heavy atom. The van der Waals surface area contributed by atoms with Crippen molar-refractivity contribution in [3.8, 4) is 5.75 Å². The van der Waals surface area contributed by atoms with Gasteiger partial charge in [-0.25, -0.2) is 0 Å². The topological polar surface area (TPSA) is 83.7 Å². The number of amides is 1. The number of benzene rings is 2. The Morgan fingerprint density at radius 1 is 1.19 bits per heavy atom. The van der Waals surface area contributed by atoms with E-state index in [1.807, 2.05) is 0 Å². The molecule has 0 saturated carbocycles. The average molecular weight is 286 g/mol. The van der Waals surface area contributed by atoms with Gasteiger partial charge in [-0.1, -0.05) is 0 Å². The second kappa shape index (κ2) is 5.62. The number of phenolic OH excluding ortho intramolecular Hbond substituents is 1. The van der Waals surface area contributed by atoms with Crippen molar-refractivity contribution in [3.63, 3.8) is 0 Å². The van der Waals surface area contributed by atoms with Crippen molar-refractivity contribution in [1.82, 2.24) is 0 Å². The van der Waals surface area contributed by atoms with Crippen molar-refractivity contribution in [2.45, 2.75) is 6.92 Å². The first kappa shape index (κ1) is 14.5. The number of nitrogens with zero attached hydrogens (tertiary/aromatic N) is 2. The summed E-state index contributed by atoms with van der Waals surface area (Å²) in [6, 6.07) is 10.3. The maximum atomic E-state index is 12.4. The van der Waals surface area contributed by atoms with Gasteiger partial charge in [0, 0.05) is 30.4 Å². The standard InChI is InChI=1S/C15H14N2O4/c1-10-9-12(17(20)21)5-8-14(10)15(19)16(2)11-3-6-13(18)7-4-11/h3-9,18H,1-2H3. The van der Waals surface area contributed by atoms with Crippen LogP contribution in [0.1, 0.15) is 15.9 Å². The van der Waals surface area contributed by atoms with E-state index >= 15 is 0 Å². The monoisotopic (exact) mass is 286 g/mol. The van der Waals surface area contributed by atoms with Crippen LogP contribution in [0.5, 0.6) is 5.75 Å². The summed E-state index contributed by atoms with van der Waals surface area (Å²) in [5, 5.41) is 20.0. The molecule has 2 aromatic rings. The van der Waals surface area contributed by atoms with Crippen molar-refractivity contribution in [1.29, 1.82) is 0 Å². The van der Waals surface area contributed by atoms with Crippen LogP contribution in [0.15, 0.2) is 42.5 Å². The quantitative estimate of drug-likeness (QED) is 0.694. The number of carbonyl (C=O) groups is 1. The van der Waals surface area contributed by atoms with Crippen molar-refractivity contribution < 1.29 is 14.8 Å². The highest BCUT2D eigenvalue weighted by molar-refractivity contribution is 6.06. The Balaban J connectivity index is 2.31. The van der Waals surface area contributed by atoms with E-state index < -0.39 is 4.92 Å². The van der Waals surface area contributed by atoms with E-state index in [1.165, 1.54) is 35.2 Å². The van der Waals surface area contributed by atoms with Crippen LogP contribution in [0.25, 0.3) is 0 Å². The minimum absolute atomic E-state index is 0.0451. The summed E-state index contributed by atoms with van der Waals surface area (Å²) < 4.78 is 0. The summed E-state index contributed by atoms with van der Waals surface area (Å²) in [4.78, 5) is 24.1. The molecule has 0 aliphatic rings. The lowest BCUT2D eigenvalue weighted by Crippen LogP contribution is -2.26. The Bertz CT molecular complexity index is 695. The van der Waals surface area contributed by atoms with Crippen molar-refractivity contribution in [2.75, 3.05) is 11.9 Å². The van der Waals surface area contributed by atoms with E-state index in [0.717, 1.165) is 0 Å². The van der Waals surface area contributed by atoms with Crippen LogP contribution in [-0.2, 0) is 0 Å². The van der Waals surface area contributed by atoms with E-state index in [1.54, 1.807) is 26.1 Å². The largest absolute Gasteiger partial charge is 0.508 e. The predicted octanol–water partition coefficient (Wildman–Crippen LogP) is 2.89. The molecule has 0 fully saturated rings. The molecule has 2 rings (SSSR count). The fourth-order valence-electron chi connectivity index (χ4n) is 1.98. The fraction of sp³-hybridized carbons (Fsp3) is 0.133. The Labute approximate surface area is 121 Å². The number of phenols is 1. The number of nitro benzene ring substituents is 1. The van der Waals surface area contributed by atoms with Gasteiger partial charge < -0.3 is 10.0 Å². The van der Waals surface area contributed by atoms with Gasteiger partial charge in [0.2, 0.25) is 0 Å². The third-order valence-electron chi connectivity index (χ3n) is 3.19. The first-order chi connectivity index (χ1) is 9.90. The summed E-state index contributed by atoms with van der Waals surface area (Å²) >= 11 is 0. The van der Waals surface area contributed by atoms with Crippen LogP contribution >= 0.6 is 0 Å². The molecule has 0 heterocycles. The molecule has 0 aliphatic carbocycles. The normalized spacial score (nSPS) is 10.2. The van der Waals surface area contributed by atoms with Gasteiger partial charge in [0.15, 0.2) is 0 Å². The van der Waals surface area contributed by atoms with Crippen LogP contribution in [-0.4, -0.2) is 23.0 Å². The average Bonchev–Trinajstić information content (AvgIpc) is 2.46. The van der Waals surface area contributed by atoms with E-state index in [-0.39, 0.29) is 17.3 Å². The zero-order chi connectivity index (χ0) is 15.6. The Morgan fingerprint density at radius 2 is 1.81 bits per heavy atom. The Hall–Kier alpha value is -2.89. The molecule has 2 aromatic carbocycles. The first-order valence-electron chi connectivity index (χ1n) is 6.22. The van der Waals surface area contributed by atoms with Crippen LogP contribution in [0.3, 0.4) is 0 Å². The molecule has 21 heavy (non-hydrogen) atoms. The summed E-state index contributed by atoms with van der Waals surface area (Å²) in [5.74, 6) is -0.154. The zero-order valence-corrected chi connectivity index (χ0v) is 11.6. The lowest BCUT2D eigenvalue weighted by molar-refractivity contribution is -0.384. The van der Waals surface area contributed by atoms with Crippen LogP contribution in [0.4, 0.5) is 11.4 Å². The van der Waals surface area contributed by atoms with Gasteiger partial charge in [0.05, 0.1) is 4.92 Å². The second-order valence-electron chi connectivity index (χ2n) is 4.64. The molecule has 0 spiro atoms. The summed E-state index contributed by atoms with van der Waals surface area (Å²) in [5.41, 5.74) is 1.52. The third kappa shape index (κ3) is 3.00. The van der Waals surface area contributed by atoms with Gasteiger partial charge >= 0.3 is 0 Å². The molecule has 0 radical (unpaired) electrons. The number of anilines is 1. The van der Waals surface area contributed by atoms with E-state index in [4.69, 9.17) is 0 Å².